The van der Waals surface area contributed by atoms with Crippen molar-refractivity contribution in [2.75, 3.05) is 18.4 Å². The van der Waals surface area contributed by atoms with Crippen molar-refractivity contribution in [2.45, 2.75) is 19.8 Å². The minimum atomic E-state index is 0.0768. The first-order valence-corrected chi connectivity index (χ1v) is 7.30. The molecule has 1 amide bonds. The van der Waals surface area contributed by atoms with Gasteiger partial charge in [-0.3, -0.25) is 9.78 Å². The van der Waals surface area contributed by atoms with E-state index in [1.54, 1.807) is 12.4 Å². The van der Waals surface area contributed by atoms with Gasteiger partial charge >= 0.3 is 0 Å². The Morgan fingerprint density at radius 2 is 1.95 bits per heavy atom. The van der Waals surface area contributed by atoms with Crippen LogP contribution in [0.2, 0.25) is 0 Å². The van der Waals surface area contributed by atoms with Crippen LogP contribution in [0.4, 0.5) is 11.4 Å². The summed E-state index contributed by atoms with van der Waals surface area (Å²) < 4.78 is 0. The molecule has 0 saturated carbocycles. The van der Waals surface area contributed by atoms with E-state index in [-0.39, 0.29) is 5.91 Å². The first kappa shape index (κ1) is 13.6. The summed E-state index contributed by atoms with van der Waals surface area (Å²) in [6, 6.07) is 9.99. The molecule has 1 saturated heterocycles. The lowest BCUT2D eigenvalue weighted by Crippen LogP contribution is -2.27. The molecule has 108 valence electrons. The van der Waals surface area contributed by atoms with Gasteiger partial charge in [-0.15, -0.1) is 0 Å². The fourth-order valence-electron chi connectivity index (χ4n) is 2.62. The van der Waals surface area contributed by atoms with Crippen LogP contribution in [0.3, 0.4) is 0 Å². The molecule has 2 heterocycles. The van der Waals surface area contributed by atoms with E-state index >= 15 is 0 Å². The maximum absolute atomic E-state index is 12.4. The van der Waals surface area contributed by atoms with Crippen molar-refractivity contribution in [2.24, 2.45) is 0 Å². The quantitative estimate of drug-likeness (QED) is 0.938. The third kappa shape index (κ3) is 3.21. The third-order valence-corrected chi connectivity index (χ3v) is 3.69. The van der Waals surface area contributed by atoms with Crippen molar-refractivity contribution >= 4 is 17.3 Å². The van der Waals surface area contributed by atoms with Gasteiger partial charge in [0, 0.05) is 25.0 Å². The summed E-state index contributed by atoms with van der Waals surface area (Å²) in [4.78, 5) is 18.4. The Balaban J connectivity index is 1.78. The highest BCUT2D eigenvalue weighted by molar-refractivity contribution is 5.95. The summed E-state index contributed by atoms with van der Waals surface area (Å²) in [6.45, 7) is 3.76. The molecule has 3 rings (SSSR count). The molecule has 0 aliphatic carbocycles. The van der Waals surface area contributed by atoms with Crippen molar-refractivity contribution in [1.29, 1.82) is 0 Å². The molecule has 4 nitrogen and oxygen atoms in total. The molecule has 1 N–H and O–H groups in total. The van der Waals surface area contributed by atoms with E-state index in [1.807, 2.05) is 23.1 Å². The molecule has 1 aromatic heterocycles. The van der Waals surface area contributed by atoms with E-state index in [0.29, 0.717) is 5.56 Å². The van der Waals surface area contributed by atoms with E-state index in [9.17, 15) is 4.79 Å². The number of carbonyl (C=O) groups is 1. The van der Waals surface area contributed by atoms with E-state index in [1.165, 1.54) is 5.56 Å². The molecule has 4 heteroatoms. The lowest BCUT2D eigenvalue weighted by molar-refractivity contribution is 0.0792. The second-order valence-corrected chi connectivity index (χ2v) is 5.46. The van der Waals surface area contributed by atoms with Crippen molar-refractivity contribution in [1.82, 2.24) is 9.88 Å². The molecule has 0 unspecified atom stereocenters. The van der Waals surface area contributed by atoms with Crippen molar-refractivity contribution in [3.8, 4) is 0 Å². The van der Waals surface area contributed by atoms with Crippen molar-refractivity contribution in [3.63, 3.8) is 0 Å². The van der Waals surface area contributed by atoms with Crippen LogP contribution in [-0.2, 0) is 0 Å². The second-order valence-electron chi connectivity index (χ2n) is 5.46. The Hall–Kier alpha value is -2.36. The van der Waals surface area contributed by atoms with Gasteiger partial charge in [-0.05, 0) is 43.5 Å². The molecule has 1 aliphatic heterocycles. The van der Waals surface area contributed by atoms with Gasteiger partial charge < -0.3 is 10.2 Å². The molecule has 0 bridgehead atoms. The van der Waals surface area contributed by atoms with E-state index in [0.717, 1.165) is 37.3 Å². The number of rotatable bonds is 3. The van der Waals surface area contributed by atoms with Crippen LogP contribution >= 0.6 is 0 Å². The number of aromatic nitrogens is 1. The number of hydrogen-bond donors (Lipinski definition) is 1. The normalized spacial score (nSPS) is 14.2. The highest BCUT2D eigenvalue weighted by Gasteiger charge is 2.19. The molecule has 1 fully saturated rings. The number of carbonyl (C=O) groups excluding carboxylic acids is 1. The Kier molecular flexibility index (Phi) is 3.86. The van der Waals surface area contributed by atoms with Gasteiger partial charge in [0.05, 0.1) is 17.4 Å². The van der Waals surface area contributed by atoms with Crippen LogP contribution in [0.25, 0.3) is 0 Å². The minimum absolute atomic E-state index is 0.0768. The summed E-state index contributed by atoms with van der Waals surface area (Å²) in [6.07, 6.45) is 5.58. The molecule has 1 aromatic carbocycles. The van der Waals surface area contributed by atoms with Gasteiger partial charge in [-0.25, -0.2) is 0 Å². The Labute approximate surface area is 124 Å². The maximum atomic E-state index is 12.4. The number of pyridine rings is 1. The summed E-state index contributed by atoms with van der Waals surface area (Å²) in [5, 5.41) is 3.30. The van der Waals surface area contributed by atoms with Crippen molar-refractivity contribution in [3.05, 3.63) is 53.9 Å². The number of nitrogens with one attached hydrogen (secondary N) is 1. The highest BCUT2D eigenvalue weighted by atomic mass is 16.2. The Bertz CT molecular complexity index is 648. The monoisotopic (exact) mass is 281 g/mol. The number of anilines is 2. The zero-order valence-electron chi connectivity index (χ0n) is 12.2. The molecule has 0 atom stereocenters. The Morgan fingerprint density at radius 3 is 2.71 bits per heavy atom. The first-order chi connectivity index (χ1) is 10.2. The average molecular weight is 281 g/mol. The average Bonchev–Trinajstić information content (AvgIpc) is 3.01. The summed E-state index contributed by atoms with van der Waals surface area (Å²) >= 11 is 0. The lowest BCUT2D eigenvalue weighted by atomic mass is 10.2. The second kappa shape index (κ2) is 5.95. The van der Waals surface area contributed by atoms with Gasteiger partial charge in [0.25, 0.3) is 5.91 Å². The molecule has 0 spiro atoms. The smallest absolute Gasteiger partial charge is 0.255 e. The topological polar surface area (TPSA) is 45.2 Å². The minimum Gasteiger partial charge on any atom is -0.354 e. The van der Waals surface area contributed by atoms with Gasteiger partial charge in [0.1, 0.15) is 0 Å². The highest BCUT2D eigenvalue weighted by Crippen LogP contribution is 2.19. The van der Waals surface area contributed by atoms with Crippen molar-refractivity contribution < 1.29 is 4.79 Å². The summed E-state index contributed by atoms with van der Waals surface area (Å²) in [7, 11) is 0. The van der Waals surface area contributed by atoms with E-state index < -0.39 is 0 Å². The van der Waals surface area contributed by atoms with Crippen LogP contribution in [0, 0.1) is 6.92 Å². The first-order valence-electron chi connectivity index (χ1n) is 7.30. The number of benzene rings is 1. The molecular weight excluding hydrogens is 262 g/mol. The fraction of sp³-hybridized carbons (Fsp3) is 0.294. The summed E-state index contributed by atoms with van der Waals surface area (Å²) in [5.41, 5.74) is 3.68. The SMILES string of the molecule is Cc1cccc(Nc2cncc(C(=O)N3CCCC3)c2)c1. The number of amides is 1. The number of aryl methyl sites for hydroxylation is 1. The number of hydrogen-bond acceptors (Lipinski definition) is 3. The molecule has 0 radical (unpaired) electrons. The molecule has 2 aromatic rings. The molecule has 21 heavy (non-hydrogen) atoms. The zero-order chi connectivity index (χ0) is 14.7. The van der Waals surface area contributed by atoms with E-state index in [4.69, 9.17) is 0 Å². The summed E-state index contributed by atoms with van der Waals surface area (Å²) in [5.74, 6) is 0.0768. The lowest BCUT2D eigenvalue weighted by Gasteiger charge is -2.15. The van der Waals surface area contributed by atoms with E-state index in [2.05, 4.69) is 29.4 Å². The standard InChI is InChI=1S/C17H19N3O/c1-13-5-4-6-15(9-13)19-16-10-14(11-18-12-16)17(21)20-7-2-3-8-20/h4-6,9-12,19H,2-3,7-8H2,1H3. The predicted molar refractivity (Wildman–Crippen MR) is 83.8 cm³/mol. The zero-order valence-corrected chi connectivity index (χ0v) is 12.2. The van der Waals surface area contributed by atoms with Crippen LogP contribution < -0.4 is 5.32 Å². The van der Waals surface area contributed by atoms with Crippen LogP contribution in [0.1, 0.15) is 28.8 Å². The van der Waals surface area contributed by atoms with Gasteiger partial charge in [-0.2, -0.15) is 0 Å². The van der Waals surface area contributed by atoms with Gasteiger partial charge in [0.15, 0.2) is 0 Å². The van der Waals surface area contributed by atoms with Gasteiger partial charge in [0.2, 0.25) is 0 Å². The predicted octanol–water partition coefficient (Wildman–Crippen LogP) is 3.37. The Morgan fingerprint density at radius 1 is 1.14 bits per heavy atom. The largest absolute Gasteiger partial charge is 0.354 e. The molecular formula is C17H19N3O. The van der Waals surface area contributed by atoms with Crippen LogP contribution in [0.5, 0.6) is 0 Å². The van der Waals surface area contributed by atoms with Gasteiger partial charge in [-0.1, -0.05) is 12.1 Å². The molecule has 1 aliphatic rings. The van der Waals surface area contributed by atoms with Crippen LogP contribution in [-0.4, -0.2) is 28.9 Å². The fourth-order valence-corrected chi connectivity index (χ4v) is 2.62. The van der Waals surface area contributed by atoms with Crippen LogP contribution in [0.15, 0.2) is 42.7 Å². The maximum Gasteiger partial charge on any atom is 0.255 e. The third-order valence-electron chi connectivity index (χ3n) is 3.69. The number of nitrogens with zero attached hydrogens (tertiary/aromatic N) is 2. The number of likely N-dealkylation sites (tertiary alicyclic amines) is 1.